The SMILES string of the molecule is CCC(C(=O)NC)N(Cc1cccc(OC)c1)C(=O)CN(c1cc(Cl)ccc1OC)S(=O)(=O)c1ccc(C)c([N+](=O)[O-])c1. The number of sulfonamides is 1. The molecule has 0 bridgehead atoms. The number of nitrogens with one attached hydrogen (secondary N) is 1. The summed E-state index contributed by atoms with van der Waals surface area (Å²) in [5.74, 6) is -0.542. The van der Waals surface area contributed by atoms with Gasteiger partial charge in [0.25, 0.3) is 15.7 Å². The number of benzene rings is 3. The lowest BCUT2D eigenvalue weighted by Crippen LogP contribution is -2.51. The first-order valence-electron chi connectivity index (χ1n) is 13.1. The lowest BCUT2D eigenvalue weighted by atomic mass is 10.1. The predicted octanol–water partition coefficient (Wildman–Crippen LogP) is 4.32. The Labute approximate surface area is 255 Å². The van der Waals surface area contributed by atoms with Crippen molar-refractivity contribution in [3.8, 4) is 11.5 Å². The zero-order chi connectivity index (χ0) is 31.9. The van der Waals surface area contributed by atoms with Gasteiger partial charge >= 0.3 is 0 Å². The van der Waals surface area contributed by atoms with Gasteiger partial charge in [0.2, 0.25) is 11.8 Å². The number of nitro groups is 1. The number of rotatable bonds is 13. The van der Waals surface area contributed by atoms with Crippen molar-refractivity contribution in [3.63, 3.8) is 0 Å². The second-order valence-corrected chi connectivity index (χ2v) is 11.7. The summed E-state index contributed by atoms with van der Waals surface area (Å²) >= 11 is 6.24. The van der Waals surface area contributed by atoms with Gasteiger partial charge in [0, 0.05) is 30.2 Å². The van der Waals surface area contributed by atoms with E-state index in [1.165, 1.54) is 63.4 Å². The standard InChI is InChI=1S/C29H33ClN4O8S/c1-6-24(29(36)31-3)32(17-20-8-7-9-22(14-20)41-4)28(35)18-33(26-15-21(30)11-13-27(26)42-5)43(39,40)23-12-10-19(2)25(16-23)34(37)38/h7-16,24H,6,17-18H2,1-5H3,(H,31,36). The second-order valence-electron chi connectivity index (χ2n) is 9.44. The first-order valence-corrected chi connectivity index (χ1v) is 14.9. The van der Waals surface area contributed by atoms with Crippen LogP contribution in [0.2, 0.25) is 5.02 Å². The quantitative estimate of drug-likeness (QED) is 0.216. The summed E-state index contributed by atoms with van der Waals surface area (Å²) in [7, 11) is -0.362. The number of likely N-dealkylation sites (N-methyl/N-ethyl adjacent to an activating group) is 1. The molecule has 0 fully saturated rings. The van der Waals surface area contributed by atoms with E-state index in [4.69, 9.17) is 21.1 Å². The Balaban J connectivity index is 2.19. The van der Waals surface area contributed by atoms with E-state index in [2.05, 4.69) is 5.32 Å². The molecule has 3 aromatic carbocycles. The molecular formula is C29H33ClN4O8S. The van der Waals surface area contributed by atoms with E-state index < -0.39 is 49.9 Å². The summed E-state index contributed by atoms with van der Waals surface area (Å²) in [6.45, 7) is 2.39. The number of ether oxygens (including phenoxy) is 2. The van der Waals surface area contributed by atoms with Crippen LogP contribution in [0.3, 0.4) is 0 Å². The number of carbonyl (C=O) groups is 2. The molecule has 3 rings (SSSR count). The number of aryl methyl sites for hydroxylation is 1. The largest absolute Gasteiger partial charge is 0.497 e. The molecule has 3 aromatic rings. The van der Waals surface area contributed by atoms with E-state index in [0.717, 1.165) is 10.4 Å². The van der Waals surface area contributed by atoms with Gasteiger partial charge < -0.3 is 19.7 Å². The Morgan fingerprint density at radius 2 is 1.79 bits per heavy atom. The molecule has 1 N–H and O–H groups in total. The van der Waals surface area contributed by atoms with Crippen molar-refractivity contribution in [2.45, 2.75) is 37.8 Å². The molecule has 0 aliphatic heterocycles. The number of methoxy groups -OCH3 is 2. The van der Waals surface area contributed by atoms with Crippen LogP contribution in [-0.4, -0.2) is 63.9 Å². The molecule has 43 heavy (non-hydrogen) atoms. The van der Waals surface area contributed by atoms with Crippen LogP contribution < -0.4 is 19.1 Å². The molecule has 0 saturated heterocycles. The zero-order valence-corrected chi connectivity index (χ0v) is 25.9. The van der Waals surface area contributed by atoms with E-state index in [9.17, 15) is 28.1 Å². The molecule has 0 saturated carbocycles. The highest BCUT2D eigenvalue weighted by atomic mass is 35.5. The molecule has 0 heterocycles. The van der Waals surface area contributed by atoms with Crippen LogP contribution >= 0.6 is 11.6 Å². The number of carbonyl (C=O) groups excluding carboxylic acids is 2. The molecule has 0 radical (unpaired) electrons. The first-order chi connectivity index (χ1) is 20.4. The third-order valence-corrected chi connectivity index (χ3v) is 8.76. The molecule has 0 spiro atoms. The van der Waals surface area contributed by atoms with Gasteiger partial charge in [-0.1, -0.05) is 36.7 Å². The van der Waals surface area contributed by atoms with Crippen LogP contribution in [0.5, 0.6) is 11.5 Å². The smallest absolute Gasteiger partial charge is 0.273 e. The molecule has 1 unspecified atom stereocenters. The summed E-state index contributed by atoms with van der Waals surface area (Å²) in [5, 5.41) is 14.3. The van der Waals surface area contributed by atoms with Crippen molar-refractivity contribution < 1.29 is 32.4 Å². The highest BCUT2D eigenvalue weighted by Gasteiger charge is 2.35. The molecule has 1 atom stereocenters. The molecule has 0 aromatic heterocycles. The number of halogens is 1. The van der Waals surface area contributed by atoms with Crippen LogP contribution in [0.1, 0.15) is 24.5 Å². The molecule has 230 valence electrons. The molecule has 0 aliphatic carbocycles. The summed E-state index contributed by atoms with van der Waals surface area (Å²) in [6, 6.07) is 13.7. The first kappa shape index (κ1) is 33.1. The van der Waals surface area contributed by atoms with E-state index in [1.54, 1.807) is 31.2 Å². The van der Waals surface area contributed by atoms with E-state index in [0.29, 0.717) is 11.3 Å². The Bertz CT molecular complexity index is 1620. The van der Waals surface area contributed by atoms with Gasteiger partial charge in [-0.2, -0.15) is 0 Å². The fraction of sp³-hybridized carbons (Fsp3) is 0.310. The third-order valence-electron chi connectivity index (χ3n) is 6.77. The number of nitrogens with zero attached hydrogens (tertiary/aromatic N) is 3. The Hall–Kier alpha value is -4.36. The Kier molecular flexibility index (Phi) is 11.0. The minimum absolute atomic E-state index is 0.0431. The van der Waals surface area contributed by atoms with Gasteiger partial charge in [-0.3, -0.25) is 24.0 Å². The summed E-state index contributed by atoms with van der Waals surface area (Å²) < 4.78 is 39.8. The second kappa shape index (κ2) is 14.2. The number of anilines is 1. The van der Waals surface area contributed by atoms with E-state index in [-0.39, 0.29) is 35.0 Å². The highest BCUT2D eigenvalue weighted by Crippen LogP contribution is 2.36. The van der Waals surface area contributed by atoms with Gasteiger partial charge in [0.1, 0.15) is 24.1 Å². The maximum absolute atomic E-state index is 14.2. The molecular weight excluding hydrogens is 600 g/mol. The van der Waals surface area contributed by atoms with Crippen LogP contribution in [0.15, 0.2) is 65.6 Å². The fourth-order valence-electron chi connectivity index (χ4n) is 4.50. The number of nitro benzene ring substituents is 1. The predicted molar refractivity (Wildman–Crippen MR) is 162 cm³/mol. The van der Waals surface area contributed by atoms with Crippen molar-refractivity contribution in [2.24, 2.45) is 0 Å². The van der Waals surface area contributed by atoms with Crippen molar-refractivity contribution in [1.82, 2.24) is 10.2 Å². The topological polar surface area (TPSA) is 148 Å². The average Bonchev–Trinajstić information content (AvgIpc) is 2.99. The average molecular weight is 633 g/mol. The van der Waals surface area contributed by atoms with Crippen LogP contribution in [0, 0.1) is 17.0 Å². The van der Waals surface area contributed by atoms with Gasteiger partial charge in [0.15, 0.2) is 0 Å². The van der Waals surface area contributed by atoms with Crippen molar-refractivity contribution in [2.75, 3.05) is 32.1 Å². The fourth-order valence-corrected chi connectivity index (χ4v) is 6.10. The number of amides is 2. The molecule has 2 amide bonds. The third kappa shape index (κ3) is 7.54. The van der Waals surface area contributed by atoms with E-state index in [1.807, 2.05) is 0 Å². The molecule has 14 heteroatoms. The minimum atomic E-state index is -4.62. The van der Waals surface area contributed by atoms with Crippen LogP contribution in [-0.2, 0) is 26.2 Å². The van der Waals surface area contributed by atoms with Gasteiger partial charge in [-0.05, 0) is 55.3 Å². The normalized spacial score (nSPS) is 11.8. The monoisotopic (exact) mass is 632 g/mol. The highest BCUT2D eigenvalue weighted by molar-refractivity contribution is 7.92. The summed E-state index contributed by atoms with van der Waals surface area (Å²) in [4.78, 5) is 38.8. The van der Waals surface area contributed by atoms with Crippen LogP contribution in [0.4, 0.5) is 11.4 Å². The maximum Gasteiger partial charge on any atom is 0.273 e. The zero-order valence-electron chi connectivity index (χ0n) is 24.4. The molecule has 0 aliphatic rings. The van der Waals surface area contributed by atoms with Crippen LogP contribution in [0.25, 0.3) is 0 Å². The lowest BCUT2D eigenvalue weighted by Gasteiger charge is -2.33. The molecule has 12 nitrogen and oxygen atoms in total. The minimum Gasteiger partial charge on any atom is -0.497 e. The summed E-state index contributed by atoms with van der Waals surface area (Å²) in [6.07, 6.45) is 0.229. The number of hydrogen-bond donors (Lipinski definition) is 1. The lowest BCUT2D eigenvalue weighted by molar-refractivity contribution is -0.385. The Morgan fingerprint density at radius 1 is 1.07 bits per heavy atom. The van der Waals surface area contributed by atoms with Gasteiger partial charge in [0.05, 0.1) is 29.7 Å². The Morgan fingerprint density at radius 3 is 2.40 bits per heavy atom. The van der Waals surface area contributed by atoms with Gasteiger partial charge in [-0.15, -0.1) is 0 Å². The van der Waals surface area contributed by atoms with E-state index >= 15 is 0 Å². The van der Waals surface area contributed by atoms with Crippen molar-refractivity contribution >= 4 is 44.8 Å². The van der Waals surface area contributed by atoms with Gasteiger partial charge in [-0.25, -0.2) is 8.42 Å². The van der Waals surface area contributed by atoms with Crippen molar-refractivity contribution in [3.05, 3.63) is 86.9 Å². The summed E-state index contributed by atoms with van der Waals surface area (Å²) in [5.41, 5.74) is 0.420. The maximum atomic E-state index is 14.2. The number of hydrogen-bond acceptors (Lipinski definition) is 8. The van der Waals surface area contributed by atoms with Crippen molar-refractivity contribution in [1.29, 1.82) is 0 Å².